The van der Waals surface area contributed by atoms with Gasteiger partial charge in [-0.15, -0.1) is 0 Å². The summed E-state index contributed by atoms with van der Waals surface area (Å²) < 4.78 is 13.6. The van der Waals surface area contributed by atoms with Gasteiger partial charge in [0.15, 0.2) is 0 Å². The zero-order valence-electron chi connectivity index (χ0n) is 12.3. The van der Waals surface area contributed by atoms with Gasteiger partial charge < -0.3 is 10.6 Å². The van der Waals surface area contributed by atoms with Crippen molar-refractivity contribution in [3.63, 3.8) is 0 Å². The van der Waals surface area contributed by atoms with Gasteiger partial charge in [0.2, 0.25) is 0 Å². The SMILES string of the molecule is CC[C@H](N)C1=Nc2cccc(Cl)c2CN1c1cccc(F)c1. The second kappa shape index (κ2) is 6.07. The quantitative estimate of drug-likeness (QED) is 0.918. The van der Waals surface area contributed by atoms with E-state index in [9.17, 15) is 4.39 Å². The number of aliphatic imine (C=N–C) groups is 1. The second-order valence-corrected chi connectivity index (χ2v) is 5.70. The number of fused-ring (bicyclic) bond motifs is 1. The molecule has 3 rings (SSSR count). The summed E-state index contributed by atoms with van der Waals surface area (Å²) in [6.07, 6.45) is 0.751. The van der Waals surface area contributed by atoms with Crippen LogP contribution in [0.1, 0.15) is 18.9 Å². The smallest absolute Gasteiger partial charge is 0.127 e. The molecule has 0 saturated heterocycles. The van der Waals surface area contributed by atoms with Crippen LogP contribution in [0.4, 0.5) is 15.8 Å². The van der Waals surface area contributed by atoms with E-state index in [0.29, 0.717) is 11.6 Å². The number of hydrogen-bond acceptors (Lipinski definition) is 3. The first-order valence-corrected chi connectivity index (χ1v) is 7.62. The van der Waals surface area contributed by atoms with Gasteiger partial charge in [-0.05, 0) is 36.8 Å². The fourth-order valence-corrected chi connectivity index (χ4v) is 2.79. The van der Waals surface area contributed by atoms with E-state index in [-0.39, 0.29) is 11.9 Å². The average molecular weight is 318 g/mol. The van der Waals surface area contributed by atoms with E-state index in [1.165, 1.54) is 12.1 Å². The lowest BCUT2D eigenvalue weighted by Gasteiger charge is -2.33. The summed E-state index contributed by atoms with van der Waals surface area (Å²) in [4.78, 5) is 6.61. The van der Waals surface area contributed by atoms with Crippen molar-refractivity contribution in [3.05, 3.63) is 58.9 Å². The van der Waals surface area contributed by atoms with E-state index in [2.05, 4.69) is 4.99 Å². The highest BCUT2D eigenvalue weighted by molar-refractivity contribution is 6.32. The maximum Gasteiger partial charge on any atom is 0.127 e. The molecule has 0 amide bonds. The minimum atomic E-state index is -0.285. The molecule has 0 aliphatic carbocycles. The molecule has 114 valence electrons. The van der Waals surface area contributed by atoms with Crippen molar-refractivity contribution in [2.24, 2.45) is 10.7 Å². The molecule has 3 nitrogen and oxygen atoms in total. The van der Waals surface area contributed by atoms with Crippen LogP contribution in [0.3, 0.4) is 0 Å². The Bertz CT molecular complexity index is 730. The van der Waals surface area contributed by atoms with Crippen LogP contribution in [0, 0.1) is 5.82 Å². The molecule has 0 radical (unpaired) electrons. The molecule has 1 aliphatic rings. The van der Waals surface area contributed by atoms with Crippen LogP contribution >= 0.6 is 11.6 Å². The Morgan fingerprint density at radius 3 is 2.82 bits per heavy atom. The van der Waals surface area contributed by atoms with Crippen molar-refractivity contribution in [2.75, 3.05) is 4.90 Å². The lowest BCUT2D eigenvalue weighted by atomic mass is 10.1. The molecule has 2 aromatic rings. The lowest BCUT2D eigenvalue weighted by Crippen LogP contribution is -2.44. The number of halogens is 2. The summed E-state index contributed by atoms with van der Waals surface area (Å²) in [6.45, 7) is 2.54. The molecule has 0 fully saturated rings. The standard InChI is InChI=1S/C17H17ClFN3/c1-2-15(20)17-21-16-8-4-7-14(18)13(16)10-22(17)12-6-3-5-11(19)9-12/h3-9,15H,2,10,20H2,1H3/t15-/m0/s1. The first-order chi connectivity index (χ1) is 10.6. The summed E-state index contributed by atoms with van der Waals surface area (Å²) in [7, 11) is 0. The van der Waals surface area contributed by atoms with Gasteiger partial charge in [0.05, 0.1) is 18.3 Å². The minimum Gasteiger partial charge on any atom is -0.324 e. The summed E-state index contributed by atoms with van der Waals surface area (Å²) in [5, 5.41) is 0.659. The number of amidine groups is 1. The van der Waals surface area contributed by atoms with Crippen LogP contribution in [-0.2, 0) is 6.54 Å². The summed E-state index contributed by atoms with van der Waals surface area (Å²) in [6, 6.07) is 11.9. The highest BCUT2D eigenvalue weighted by Gasteiger charge is 2.26. The number of nitrogens with zero attached hydrogens (tertiary/aromatic N) is 2. The number of nitrogens with two attached hydrogens (primary N) is 1. The molecule has 1 aliphatic heterocycles. The second-order valence-electron chi connectivity index (χ2n) is 5.29. The molecular weight excluding hydrogens is 301 g/mol. The molecule has 0 aromatic heterocycles. The van der Waals surface area contributed by atoms with Gasteiger partial charge in [-0.25, -0.2) is 9.38 Å². The Morgan fingerprint density at radius 2 is 2.09 bits per heavy atom. The zero-order valence-corrected chi connectivity index (χ0v) is 13.0. The van der Waals surface area contributed by atoms with Crippen LogP contribution in [0.25, 0.3) is 0 Å². The van der Waals surface area contributed by atoms with Crippen molar-refractivity contribution < 1.29 is 4.39 Å². The van der Waals surface area contributed by atoms with E-state index in [4.69, 9.17) is 17.3 Å². The molecule has 1 atom stereocenters. The molecule has 22 heavy (non-hydrogen) atoms. The molecule has 5 heteroatoms. The lowest BCUT2D eigenvalue weighted by molar-refractivity contribution is 0.627. The van der Waals surface area contributed by atoms with Gasteiger partial charge in [0, 0.05) is 16.3 Å². The molecule has 0 unspecified atom stereocenters. The molecule has 0 spiro atoms. The summed E-state index contributed by atoms with van der Waals surface area (Å²) >= 11 is 6.29. The first-order valence-electron chi connectivity index (χ1n) is 7.24. The molecule has 0 bridgehead atoms. The van der Waals surface area contributed by atoms with E-state index in [1.807, 2.05) is 36.1 Å². The molecule has 1 heterocycles. The number of anilines is 1. The van der Waals surface area contributed by atoms with Gasteiger partial charge in [-0.1, -0.05) is 30.7 Å². The minimum absolute atomic E-state index is 0.213. The maximum atomic E-state index is 13.6. The van der Waals surface area contributed by atoms with Crippen LogP contribution in [-0.4, -0.2) is 11.9 Å². The summed E-state index contributed by atoms with van der Waals surface area (Å²) in [5.74, 6) is 0.453. The predicted octanol–water partition coefficient (Wildman–Crippen LogP) is 4.27. The summed E-state index contributed by atoms with van der Waals surface area (Å²) in [5.41, 5.74) is 8.70. The van der Waals surface area contributed by atoms with Crippen molar-refractivity contribution in [1.82, 2.24) is 0 Å². The Hall–Kier alpha value is -1.91. The van der Waals surface area contributed by atoms with Crippen molar-refractivity contribution >= 4 is 28.8 Å². The predicted molar refractivity (Wildman–Crippen MR) is 89.4 cm³/mol. The number of benzene rings is 2. The van der Waals surface area contributed by atoms with Gasteiger partial charge in [0.25, 0.3) is 0 Å². The number of hydrogen-bond donors (Lipinski definition) is 1. The van der Waals surface area contributed by atoms with Gasteiger partial charge in [-0.3, -0.25) is 0 Å². The fourth-order valence-electron chi connectivity index (χ4n) is 2.56. The normalized spacial score (nSPS) is 15.3. The number of rotatable bonds is 3. The Kier molecular flexibility index (Phi) is 4.14. The zero-order chi connectivity index (χ0) is 15.7. The fraction of sp³-hybridized carbons (Fsp3) is 0.235. The van der Waals surface area contributed by atoms with E-state index in [0.717, 1.165) is 29.2 Å². The highest BCUT2D eigenvalue weighted by Crippen LogP contribution is 2.34. The van der Waals surface area contributed by atoms with Crippen LogP contribution in [0.2, 0.25) is 5.02 Å². The topological polar surface area (TPSA) is 41.6 Å². The van der Waals surface area contributed by atoms with E-state index in [1.54, 1.807) is 6.07 Å². The maximum absolute atomic E-state index is 13.6. The third-order valence-corrected chi connectivity index (χ3v) is 4.17. The third-order valence-electron chi connectivity index (χ3n) is 3.81. The third kappa shape index (κ3) is 2.72. The molecule has 2 N–H and O–H groups in total. The monoisotopic (exact) mass is 317 g/mol. The largest absolute Gasteiger partial charge is 0.324 e. The first kappa shape index (κ1) is 15.0. The highest BCUT2D eigenvalue weighted by atomic mass is 35.5. The van der Waals surface area contributed by atoms with Crippen molar-refractivity contribution in [1.29, 1.82) is 0 Å². The molecular formula is C17H17ClFN3. The van der Waals surface area contributed by atoms with Gasteiger partial charge >= 0.3 is 0 Å². The van der Waals surface area contributed by atoms with E-state index >= 15 is 0 Å². The Balaban J connectivity index is 2.11. The van der Waals surface area contributed by atoms with Gasteiger partial charge in [-0.2, -0.15) is 0 Å². The van der Waals surface area contributed by atoms with Crippen LogP contribution < -0.4 is 10.6 Å². The Labute approximate surface area is 134 Å². The molecule has 0 saturated carbocycles. The van der Waals surface area contributed by atoms with Gasteiger partial charge in [0.1, 0.15) is 11.7 Å². The average Bonchev–Trinajstić information content (AvgIpc) is 2.53. The van der Waals surface area contributed by atoms with Crippen molar-refractivity contribution in [3.8, 4) is 0 Å². The molecule has 2 aromatic carbocycles. The Morgan fingerprint density at radius 1 is 1.32 bits per heavy atom. The van der Waals surface area contributed by atoms with Crippen LogP contribution in [0.15, 0.2) is 47.5 Å². The van der Waals surface area contributed by atoms with Crippen LogP contribution in [0.5, 0.6) is 0 Å². The van der Waals surface area contributed by atoms with Crippen molar-refractivity contribution in [2.45, 2.75) is 25.9 Å². The van der Waals surface area contributed by atoms with E-state index < -0.39 is 0 Å².